The average molecular weight is 242 g/mol. The minimum atomic E-state index is -0.733. The van der Waals surface area contributed by atoms with Crippen molar-refractivity contribution >= 4 is 17.3 Å². The number of aromatic nitrogens is 2. The zero-order valence-corrected chi connectivity index (χ0v) is 9.34. The van der Waals surface area contributed by atoms with Gasteiger partial charge in [-0.15, -0.1) is 0 Å². The van der Waals surface area contributed by atoms with E-state index in [1.165, 1.54) is 6.07 Å². The summed E-state index contributed by atoms with van der Waals surface area (Å²) < 4.78 is 0. The summed E-state index contributed by atoms with van der Waals surface area (Å²) in [6, 6.07) is 6.31. The van der Waals surface area contributed by atoms with Crippen LogP contribution < -0.4 is 10.1 Å². The van der Waals surface area contributed by atoms with E-state index in [0.717, 1.165) is 6.08 Å². The van der Waals surface area contributed by atoms with Crippen molar-refractivity contribution in [3.63, 3.8) is 0 Å². The largest absolute Gasteiger partial charge is 0.872 e. The third kappa shape index (κ3) is 2.35. The Bertz CT molecular complexity index is 583. The topological polar surface area (TPSA) is 87.1 Å². The van der Waals surface area contributed by atoms with Gasteiger partial charge < -0.3 is 5.11 Å². The molecule has 1 aliphatic carbocycles. The summed E-state index contributed by atoms with van der Waals surface area (Å²) in [5.74, 6) is -1.72. The van der Waals surface area contributed by atoms with Gasteiger partial charge in [-0.05, 0) is 11.6 Å². The van der Waals surface area contributed by atoms with Crippen LogP contribution in [0.4, 0.5) is 0 Å². The van der Waals surface area contributed by atoms with E-state index in [1.54, 1.807) is 24.5 Å². The Labute approximate surface area is 103 Å². The van der Waals surface area contributed by atoms with Crippen molar-refractivity contribution in [3.05, 3.63) is 60.2 Å². The third-order valence-corrected chi connectivity index (χ3v) is 2.37. The van der Waals surface area contributed by atoms with Crippen LogP contribution in [0.3, 0.4) is 0 Å². The maximum absolute atomic E-state index is 11.2. The molecule has 5 heteroatoms. The molecule has 1 aromatic carbocycles. The number of H-pyrrole nitrogens is 2. The summed E-state index contributed by atoms with van der Waals surface area (Å²) in [5.41, 5.74) is 0.520. The lowest BCUT2D eigenvalue weighted by Crippen LogP contribution is -2.22. The maximum Gasteiger partial charge on any atom is 0.239 e. The predicted octanol–water partition coefficient (Wildman–Crippen LogP) is -0.0180. The number of hydrogen-bond donors (Lipinski definition) is 1. The monoisotopic (exact) mass is 242 g/mol. The summed E-state index contributed by atoms with van der Waals surface area (Å²) in [7, 11) is 0. The van der Waals surface area contributed by atoms with Crippen molar-refractivity contribution in [2.24, 2.45) is 0 Å². The smallest absolute Gasteiger partial charge is 0.239 e. The van der Waals surface area contributed by atoms with E-state index in [1.807, 2.05) is 12.4 Å². The fraction of sp³-hybridized carbons (Fsp3) is 0. The Morgan fingerprint density at radius 1 is 1.11 bits per heavy atom. The molecule has 0 radical (unpaired) electrons. The van der Waals surface area contributed by atoms with Crippen LogP contribution in [0.25, 0.3) is 5.76 Å². The molecule has 0 unspecified atom stereocenters. The molecule has 0 aliphatic heterocycles. The van der Waals surface area contributed by atoms with Crippen LogP contribution in [0.1, 0.15) is 15.9 Å². The molecule has 0 atom stereocenters. The van der Waals surface area contributed by atoms with Crippen LogP contribution >= 0.6 is 0 Å². The standard InChI is InChI=1S/C10H6O3.C3H4N2/c11-8-5-9(12)10(13)7-4-2-1-3-6(7)8;1-2-5-3-4-1/h1-5,11H;1-3H,(H,4,5). The van der Waals surface area contributed by atoms with Gasteiger partial charge in [-0.25, -0.2) is 0 Å². The summed E-state index contributed by atoms with van der Waals surface area (Å²) in [6.45, 7) is 0. The molecule has 0 bridgehead atoms. The molecule has 0 saturated carbocycles. The lowest BCUT2D eigenvalue weighted by atomic mass is 9.94. The van der Waals surface area contributed by atoms with E-state index in [0.29, 0.717) is 5.56 Å². The SMILES string of the molecule is O=C1C=C([O-])c2ccccc2C1=O.c1c[nH+]c[nH]1. The fourth-order valence-electron chi connectivity index (χ4n) is 1.53. The summed E-state index contributed by atoms with van der Waals surface area (Å²) in [4.78, 5) is 27.8. The van der Waals surface area contributed by atoms with Crippen molar-refractivity contribution in [2.45, 2.75) is 0 Å². The van der Waals surface area contributed by atoms with Gasteiger partial charge >= 0.3 is 0 Å². The van der Waals surface area contributed by atoms with Gasteiger partial charge in [0.05, 0.1) is 0 Å². The first-order chi connectivity index (χ1) is 8.70. The van der Waals surface area contributed by atoms with Crippen molar-refractivity contribution in [3.8, 4) is 0 Å². The second-order valence-corrected chi connectivity index (χ2v) is 3.56. The van der Waals surface area contributed by atoms with E-state index in [4.69, 9.17) is 0 Å². The number of Topliss-reactive ketones (excluding diaryl/α,β-unsaturated/α-hetero) is 1. The highest BCUT2D eigenvalue weighted by atomic mass is 16.3. The Morgan fingerprint density at radius 3 is 2.39 bits per heavy atom. The van der Waals surface area contributed by atoms with Gasteiger partial charge in [0.15, 0.2) is 0 Å². The maximum atomic E-state index is 11.2. The first-order valence-electron chi connectivity index (χ1n) is 5.26. The van der Waals surface area contributed by atoms with Crippen molar-refractivity contribution in [1.82, 2.24) is 4.98 Å². The fourth-order valence-corrected chi connectivity index (χ4v) is 1.53. The molecule has 2 N–H and O–H groups in total. The van der Waals surface area contributed by atoms with Gasteiger partial charge in [-0.1, -0.05) is 30.0 Å². The lowest BCUT2D eigenvalue weighted by Gasteiger charge is -2.18. The van der Waals surface area contributed by atoms with E-state index >= 15 is 0 Å². The van der Waals surface area contributed by atoms with Gasteiger partial charge in [-0.2, -0.15) is 0 Å². The number of imidazole rings is 1. The normalized spacial score (nSPS) is 13.2. The van der Waals surface area contributed by atoms with Gasteiger partial charge in [0, 0.05) is 5.56 Å². The number of fused-ring (bicyclic) bond motifs is 1. The molecule has 5 nitrogen and oxygen atoms in total. The molecule has 2 aromatic rings. The minimum absolute atomic E-state index is 0.208. The van der Waals surface area contributed by atoms with E-state index in [2.05, 4.69) is 9.97 Å². The molecule has 3 rings (SSSR count). The first kappa shape index (κ1) is 11.8. The Morgan fingerprint density at radius 2 is 1.83 bits per heavy atom. The molecule has 1 aliphatic rings. The average Bonchev–Trinajstić information content (AvgIpc) is 2.95. The quantitative estimate of drug-likeness (QED) is 0.659. The van der Waals surface area contributed by atoms with Crippen LogP contribution in [0.2, 0.25) is 0 Å². The van der Waals surface area contributed by atoms with Crippen molar-refractivity contribution in [1.29, 1.82) is 0 Å². The molecule has 1 aromatic heterocycles. The van der Waals surface area contributed by atoms with Crippen molar-refractivity contribution in [2.75, 3.05) is 0 Å². The molecule has 0 amide bonds. The number of allylic oxidation sites excluding steroid dienone is 1. The van der Waals surface area contributed by atoms with E-state index in [9.17, 15) is 14.7 Å². The highest BCUT2D eigenvalue weighted by molar-refractivity contribution is 6.50. The van der Waals surface area contributed by atoms with Crippen molar-refractivity contribution < 1.29 is 19.7 Å². The minimum Gasteiger partial charge on any atom is -0.872 e. The molecule has 0 spiro atoms. The number of ketones is 2. The molecular formula is C13H10N2O3. The zero-order valence-electron chi connectivity index (χ0n) is 9.34. The molecule has 90 valence electrons. The summed E-state index contributed by atoms with van der Waals surface area (Å²) >= 11 is 0. The highest BCUT2D eigenvalue weighted by Crippen LogP contribution is 2.20. The number of rotatable bonds is 0. The molecule has 1 heterocycles. The van der Waals surface area contributed by atoms with Crippen LogP contribution in [0, 0.1) is 0 Å². The molecular weight excluding hydrogens is 232 g/mol. The van der Waals surface area contributed by atoms with Crippen LogP contribution in [-0.2, 0) is 4.79 Å². The first-order valence-corrected chi connectivity index (χ1v) is 5.26. The molecule has 0 saturated heterocycles. The number of benzene rings is 1. The number of hydrogen-bond acceptors (Lipinski definition) is 3. The predicted molar refractivity (Wildman–Crippen MR) is 61.1 cm³/mol. The van der Waals surface area contributed by atoms with E-state index in [-0.39, 0.29) is 11.3 Å². The van der Waals surface area contributed by atoms with Gasteiger partial charge in [-0.3, -0.25) is 19.6 Å². The molecule has 0 fully saturated rings. The number of carbonyl (C=O) groups is 2. The van der Waals surface area contributed by atoms with Crippen LogP contribution in [0.15, 0.2) is 49.1 Å². The van der Waals surface area contributed by atoms with Gasteiger partial charge in [0.1, 0.15) is 12.4 Å². The Kier molecular flexibility index (Phi) is 3.33. The summed E-state index contributed by atoms with van der Waals surface area (Å²) in [6.07, 6.45) is 6.23. The number of aromatic amines is 2. The summed E-state index contributed by atoms with van der Waals surface area (Å²) in [5, 5.41) is 11.2. The second kappa shape index (κ2) is 5.09. The van der Waals surface area contributed by atoms with Gasteiger partial charge in [0.2, 0.25) is 17.9 Å². The lowest BCUT2D eigenvalue weighted by molar-refractivity contribution is -0.375. The number of nitrogens with one attached hydrogen (secondary N) is 2. The Hall–Kier alpha value is -2.69. The third-order valence-electron chi connectivity index (χ3n) is 2.37. The van der Waals surface area contributed by atoms with Crippen LogP contribution in [0.5, 0.6) is 0 Å². The zero-order chi connectivity index (χ0) is 13.0. The van der Waals surface area contributed by atoms with Gasteiger partial charge in [0.25, 0.3) is 0 Å². The van der Waals surface area contributed by atoms with E-state index < -0.39 is 11.6 Å². The highest BCUT2D eigenvalue weighted by Gasteiger charge is 2.20. The molecule has 18 heavy (non-hydrogen) atoms. The number of carbonyl (C=O) groups excluding carboxylic acids is 2. The van der Waals surface area contributed by atoms with Crippen LogP contribution in [-0.4, -0.2) is 16.6 Å². The second-order valence-electron chi connectivity index (χ2n) is 3.56. The Balaban J connectivity index is 0.000000202.